The van der Waals surface area contributed by atoms with Crippen molar-refractivity contribution in [1.29, 1.82) is 0 Å². The SMILES string of the molecule is Cc1nnc(NC(=O)CCCC(=O)OCC(=O)Nc2cccc(Cl)c2)s1. The molecule has 0 bridgehead atoms. The normalized spacial score (nSPS) is 10.2. The third-order valence-electron chi connectivity index (χ3n) is 3.03. The Bertz CT molecular complexity index is 796. The Balaban J connectivity index is 1.61. The van der Waals surface area contributed by atoms with Crippen LogP contribution in [-0.4, -0.2) is 34.6 Å². The summed E-state index contributed by atoms with van der Waals surface area (Å²) in [6.45, 7) is 1.38. The number of esters is 1. The number of halogens is 1. The molecule has 26 heavy (non-hydrogen) atoms. The number of carbonyl (C=O) groups is 3. The zero-order valence-corrected chi connectivity index (χ0v) is 15.5. The molecule has 0 atom stereocenters. The zero-order valence-electron chi connectivity index (χ0n) is 14.0. The lowest BCUT2D eigenvalue weighted by Gasteiger charge is -2.07. The van der Waals surface area contributed by atoms with Crippen LogP contribution in [0.3, 0.4) is 0 Å². The summed E-state index contributed by atoms with van der Waals surface area (Å²) in [6, 6.07) is 6.63. The number of hydrogen-bond acceptors (Lipinski definition) is 7. The van der Waals surface area contributed by atoms with E-state index in [1.807, 2.05) is 0 Å². The Morgan fingerprint density at radius 1 is 1.15 bits per heavy atom. The summed E-state index contributed by atoms with van der Waals surface area (Å²) in [7, 11) is 0. The van der Waals surface area contributed by atoms with Gasteiger partial charge in [-0.2, -0.15) is 0 Å². The lowest BCUT2D eigenvalue weighted by Crippen LogP contribution is -2.21. The lowest BCUT2D eigenvalue weighted by molar-refractivity contribution is -0.147. The summed E-state index contributed by atoms with van der Waals surface area (Å²) in [5, 5.41) is 14.4. The second kappa shape index (κ2) is 9.83. The van der Waals surface area contributed by atoms with Crippen LogP contribution in [0.4, 0.5) is 10.8 Å². The number of carbonyl (C=O) groups excluding carboxylic acids is 3. The average molecular weight is 397 g/mol. The van der Waals surface area contributed by atoms with E-state index < -0.39 is 18.5 Å². The van der Waals surface area contributed by atoms with Crippen molar-refractivity contribution in [3.05, 3.63) is 34.3 Å². The smallest absolute Gasteiger partial charge is 0.306 e. The Kier molecular flexibility index (Phi) is 7.49. The average Bonchev–Trinajstić information content (AvgIpc) is 2.98. The molecule has 138 valence electrons. The van der Waals surface area contributed by atoms with E-state index >= 15 is 0 Å². The van der Waals surface area contributed by atoms with Gasteiger partial charge in [-0.1, -0.05) is 29.0 Å². The molecule has 0 aliphatic carbocycles. The lowest BCUT2D eigenvalue weighted by atomic mass is 10.2. The van der Waals surface area contributed by atoms with Gasteiger partial charge in [0.05, 0.1) is 0 Å². The molecule has 10 heteroatoms. The predicted molar refractivity (Wildman–Crippen MR) is 98.2 cm³/mol. The Labute approximate surface area is 158 Å². The second-order valence-corrected chi connectivity index (χ2v) is 6.87. The number of aryl methyl sites for hydroxylation is 1. The molecule has 2 amide bonds. The van der Waals surface area contributed by atoms with Crippen molar-refractivity contribution in [2.24, 2.45) is 0 Å². The number of rotatable bonds is 8. The zero-order chi connectivity index (χ0) is 18.9. The molecule has 2 rings (SSSR count). The molecule has 1 aromatic carbocycles. The first-order valence-corrected chi connectivity index (χ1v) is 8.93. The number of ether oxygens (including phenoxy) is 1. The summed E-state index contributed by atoms with van der Waals surface area (Å²) in [4.78, 5) is 35.0. The summed E-state index contributed by atoms with van der Waals surface area (Å²) in [6.07, 6.45) is 0.480. The maximum absolute atomic E-state index is 11.7. The summed E-state index contributed by atoms with van der Waals surface area (Å²) < 4.78 is 4.87. The summed E-state index contributed by atoms with van der Waals surface area (Å²) in [5.41, 5.74) is 0.516. The molecule has 0 radical (unpaired) electrons. The molecule has 1 heterocycles. The standard InChI is InChI=1S/C16H17ClN4O4S/c1-10-20-21-16(26-10)19-13(22)6-3-7-15(24)25-9-14(23)18-12-5-2-4-11(17)8-12/h2,4-5,8H,3,6-7,9H2,1H3,(H,18,23)(H,19,21,22). The molecule has 0 aliphatic heterocycles. The summed E-state index contributed by atoms with van der Waals surface area (Å²) in [5.74, 6) is -1.27. The Morgan fingerprint density at radius 3 is 2.65 bits per heavy atom. The minimum atomic E-state index is -0.550. The largest absolute Gasteiger partial charge is 0.456 e. The van der Waals surface area contributed by atoms with Crippen LogP contribution in [0.25, 0.3) is 0 Å². The van der Waals surface area contributed by atoms with E-state index in [1.54, 1.807) is 31.2 Å². The van der Waals surface area contributed by atoms with Crippen molar-refractivity contribution in [3.8, 4) is 0 Å². The van der Waals surface area contributed by atoms with Crippen molar-refractivity contribution in [1.82, 2.24) is 10.2 Å². The van der Waals surface area contributed by atoms with Gasteiger partial charge in [-0.3, -0.25) is 14.4 Å². The third-order valence-corrected chi connectivity index (χ3v) is 4.02. The van der Waals surface area contributed by atoms with Gasteiger partial charge in [0.25, 0.3) is 5.91 Å². The molecule has 2 N–H and O–H groups in total. The maximum atomic E-state index is 11.7. The van der Waals surface area contributed by atoms with Crippen LogP contribution >= 0.6 is 22.9 Å². The highest BCUT2D eigenvalue weighted by atomic mass is 35.5. The first kappa shape index (κ1) is 19.8. The van der Waals surface area contributed by atoms with Gasteiger partial charge in [0.2, 0.25) is 11.0 Å². The van der Waals surface area contributed by atoms with Crippen molar-refractivity contribution >= 4 is 51.5 Å². The van der Waals surface area contributed by atoms with E-state index in [-0.39, 0.29) is 18.7 Å². The van der Waals surface area contributed by atoms with Gasteiger partial charge in [0.1, 0.15) is 5.01 Å². The van der Waals surface area contributed by atoms with Gasteiger partial charge in [-0.05, 0) is 31.5 Å². The number of nitrogens with zero attached hydrogens (tertiary/aromatic N) is 2. The van der Waals surface area contributed by atoms with E-state index in [1.165, 1.54) is 11.3 Å². The minimum absolute atomic E-state index is 0.0347. The van der Waals surface area contributed by atoms with Crippen LogP contribution in [0.15, 0.2) is 24.3 Å². The quantitative estimate of drug-likeness (QED) is 0.664. The fourth-order valence-electron chi connectivity index (χ4n) is 1.90. The van der Waals surface area contributed by atoms with Crippen LogP contribution in [0, 0.1) is 6.92 Å². The van der Waals surface area contributed by atoms with E-state index in [2.05, 4.69) is 20.8 Å². The first-order chi connectivity index (χ1) is 12.4. The molecule has 8 nitrogen and oxygen atoms in total. The fourth-order valence-corrected chi connectivity index (χ4v) is 2.70. The van der Waals surface area contributed by atoms with Gasteiger partial charge >= 0.3 is 5.97 Å². The number of nitrogens with one attached hydrogen (secondary N) is 2. The van der Waals surface area contributed by atoms with Crippen molar-refractivity contribution in [3.63, 3.8) is 0 Å². The molecule has 0 unspecified atom stereocenters. The molecule has 2 aromatic rings. The monoisotopic (exact) mass is 396 g/mol. The van der Waals surface area contributed by atoms with E-state index in [0.717, 1.165) is 5.01 Å². The predicted octanol–water partition coefficient (Wildman–Crippen LogP) is 2.79. The van der Waals surface area contributed by atoms with Gasteiger partial charge in [-0.15, -0.1) is 10.2 Å². The molecule has 0 fully saturated rings. The van der Waals surface area contributed by atoms with E-state index in [4.69, 9.17) is 16.3 Å². The molecule has 0 saturated carbocycles. The van der Waals surface area contributed by atoms with Gasteiger partial charge < -0.3 is 15.4 Å². The molecular weight excluding hydrogens is 380 g/mol. The maximum Gasteiger partial charge on any atom is 0.306 e. The highest BCUT2D eigenvalue weighted by Gasteiger charge is 2.11. The molecule has 0 spiro atoms. The molecule has 0 aliphatic rings. The van der Waals surface area contributed by atoms with Crippen molar-refractivity contribution in [2.75, 3.05) is 17.2 Å². The van der Waals surface area contributed by atoms with Crippen molar-refractivity contribution < 1.29 is 19.1 Å². The highest BCUT2D eigenvalue weighted by molar-refractivity contribution is 7.15. The first-order valence-electron chi connectivity index (χ1n) is 7.73. The van der Waals surface area contributed by atoms with E-state index in [9.17, 15) is 14.4 Å². The molecular formula is C16H17ClN4O4S. The second-order valence-electron chi connectivity index (χ2n) is 5.25. The third kappa shape index (κ3) is 7.16. The Morgan fingerprint density at radius 2 is 1.96 bits per heavy atom. The minimum Gasteiger partial charge on any atom is -0.456 e. The molecule has 1 aromatic heterocycles. The number of anilines is 2. The summed E-state index contributed by atoms with van der Waals surface area (Å²) >= 11 is 7.08. The van der Waals surface area contributed by atoms with Gasteiger partial charge in [0, 0.05) is 23.6 Å². The number of amides is 2. The van der Waals surface area contributed by atoms with Crippen LogP contribution < -0.4 is 10.6 Å². The number of hydrogen-bond donors (Lipinski definition) is 2. The fraction of sp³-hybridized carbons (Fsp3) is 0.312. The van der Waals surface area contributed by atoms with E-state index in [0.29, 0.717) is 22.3 Å². The Hall–Kier alpha value is -2.52. The number of aromatic nitrogens is 2. The molecule has 0 saturated heterocycles. The van der Waals surface area contributed by atoms with Crippen LogP contribution in [0.2, 0.25) is 5.02 Å². The number of benzene rings is 1. The van der Waals surface area contributed by atoms with Crippen LogP contribution in [-0.2, 0) is 19.1 Å². The van der Waals surface area contributed by atoms with Gasteiger partial charge in [-0.25, -0.2) is 0 Å². The topological polar surface area (TPSA) is 110 Å². The van der Waals surface area contributed by atoms with Crippen LogP contribution in [0.1, 0.15) is 24.3 Å². The van der Waals surface area contributed by atoms with Gasteiger partial charge in [0.15, 0.2) is 6.61 Å². The van der Waals surface area contributed by atoms with Crippen LogP contribution in [0.5, 0.6) is 0 Å². The highest BCUT2D eigenvalue weighted by Crippen LogP contribution is 2.15. The van der Waals surface area contributed by atoms with Crippen molar-refractivity contribution in [2.45, 2.75) is 26.2 Å².